The van der Waals surface area contributed by atoms with Gasteiger partial charge in [-0.1, -0.05) is 120 Å². The predicted molar refractivity (Wildman–Crippen MR) is 382 cm³/mol. The molecule has 3 fully saturated rings. The lowest BCUT2D eigenvalue weighted by atomic mass is 9.78. The molecule has 100 heavy (non-hydrogen) atoms. The minimum atomic E-state index is -0.944. The Kier molecular flexibility index (Phi) is 48.1. The van der Waals surface area contributed by atoms with Gasteiger partial charge in [-0.15, -0.1) is 0 Å². The molecule has 1 aromatic rings. The zero-order chi connectivity index (χ0) is 72.6. The largest absolute Gasteiger partial charge is 0.445 e. The standard InChI is InChI=1S/C76H136N4O20/c1-13-67-59(7)56(4)62(10)72(98-67)94-48-45-88-42-39-85-36-30-77-28-22-33-91-53-76(51-66(81)25-20-17-21-29-80-75(84)97-52-65-23-18-16-19-24-65,54-92-34-26-70(82)78-31-37-86-40-43-89-46-49-95-73-63(11)57(5)60(8)68(14-2)99-73)55-93-35-27-71(83)79-32-38-87-41-44-90-47-50-96-74-64(12)58(6)61(9)69(15-3)100-74/h16,18-19,23-24,56-64,67-69,72-74,77H,13-15,17,20-22,25-55H2,1-12H3,(H,78,82)(H,79,83)(H,80,84)/t56-,57-,58-,59-,60-,61-,62?,63?,64?,67?,68?,69?,72-,73-,74+,76?/m0/s1. The van der Waals surface area contributed by atoms with E-state index in [0.29, 0.717) is 217 Å². The van der Waals surface area contributed by atoms with Crippen LogP contribution in [0.4, 0.5) is 4.79 Å². The second kappa shape index (κ2) is 54.1. The monoisotopic (exact) mass is 1420 g/mol. The number of Topliss-reactive ketones (excluding diaryl/α,β-unsaturated/α-hetero) is 1. The topological polar surface area (TPSA) is 264 Å². The quantitative estimate of drug-likeness (QED) is 0.0442. The van der Waals surface area contributed by atoms with E-state index in [1.54, 1.807) is 0 Å². The van der Waals surface area contributed by atoms with E-state index in [-0.39, 0.29) is 120 Å². The van der Waals surface area contributed by atoms with E-state index in [1.165, 1.54) is 0 Å². The lowest BCUT2D eigenvalue weighted by Crippen LogP contribution is -2.45. The highest BCUT2D eigenvalue weighted by Gasteiger charge is 2.41. The lowest BCUT2D eigenvalue weighted by Gasteiger charge is -2.43. The number of unbranched alkanes of at least 4 members (excludes halogenated alkanes) is 2. The van der Waals surface area contributed by atoms with Crippen molar-refractivity contribution < 1.29 is 95.0 Å². The van der Waals surface area contributed by atoms with Gasteiger partial charge in [-0.25, -0.2) is 4.79 Å². The zero-order valence-electron chi connectivity index (χ0n) is 63.6. The molecule has 0 bridgehead atoms. The molecule has 24 nitrogen and oxygen atoms in total. The third-order valence-electron chi connectivity index (χ3n) is 20.4. The van der Waals surface area contributed by atoms with Crippen LogP contribution in [0, 0.1) is 58.7 Å². The number of hydrogen-bond acceptors (Lipinski definition) is 21. The van der Waals surface area contributed by atoms with Crippen molar-refractivity contribution in [3.05, 3.63) is 35.9 Å². The molecule has 7 unspecified atom stereocenters. The first kappa shape index (κ1) is 88.9. The molecule has 3 aliphatic heterocycles. The zero-order valence-corrected chi connectivity index (χ0v) is 63.6. The minimum Gasteiger partial charge on any atom is -0.445 e. The maximum Gasteiger partial charge on any atom is 0.407 e. The summed E-state index contributed by atoms with van der Waals surface area (Å²) in [5, 5.41) is 12.0. The molecule has 4 N–H and O–H groups in total. The number of ether oxygens (including phenoxy) is 16. The van der Waals surface area contributed by atoms with E-state index >= 15 is 0 Å². The lowest BCUT2D eigenvalue weighted by molar-refractivity contribution is -0.251. The molecule has 0 aliphatic carbocycles. The van der Waals surface area contributed by atoms with E-state index in [1.807, 2.05) is 30.3 Å². The summed E-state index contributed by atoms with van der Waals surface area (Å²) in [6, 6.07) is 9.48. The number of carbonyl (C=O) groups excluding carboxylic acids is 4. The molecule has 0 radical (unpaired) electrons. The number of alkyl carbamates (subject to hydrolysis) is 1. The third kappa shape index (κ3) is 36.4. The van der Waals surface area contributed by atoms with Gasteiger partial charge in [-0.3, -0.25) is 14.4 Å². The highest BCUT2D eigenvalue weighted by atomic mass is 16.7. The molecule has 16 atom stereocenters. The fraction of sp³-hybridized carbons (Fsp3) is 0.868. The minimum absolute atomic E-state index is 0.00575. The molecule has 4 rings (SSSR count). The van der Waals surface area contributed by atoms with Crippen LogP contribution in [0.15, 0.2) is 30.3 Å². The fourth-order valence-electron chi connectivity index (χ4n) is 12.9. The van der Waals surface area contributed by atoms with Crippen LogP contribution in [0.5, 0.6) is 0 Å². The van der Waals surface area contributed by atoms with Crippen LogP contribution in [0.1, 0.15) is 159 Å². The maximum absolute atomic E-state index is 14.0. The first-order chi connectivity index (χ1) is 48.4. The Balaban J connectivity index is 1.22. The van der Waals surface area contributed by atoms with Gasteiger partial charge in [-0.05, 0) is 86.1 Å². The SMILES string of the molecule is CCC1O[C@@H](OCCOCCOCCNC(=O)CCOCC(COCCCNCCOCCOCCO[C@H]2OC(CC)[C@@H](C)[C@H](C)C2C)(COCCC(=O)NCCOCCOCCO[C@H]2OC(CC)[C@@H](C)[C@H](C)C2C)CC(=O)CCCCCNC(=O)OCc2ccccc2)C(C)[C@@H](C)[C@@H]1C. The Morgan fingerprint density at radius 3 is 1.21 bits per heavy atom. The Hall–Kier alpha value is -3.54. The molecular weight excluding hydrogens is 1290 g/mol. The summed E-state index contributed by atoms with van der Waals surface area (Å²) in [5.74, 6) is 3.50. The van der Waals surface area contributed by atoms with E-state index in [9.17, 15) is 19.2 Å². The predicted octanol–water partition coefficient (Wildman–Crippen LogP) is 9.74. The third-order valence-corrected chi connectivity index (χ3v) is 20.4. The van der Waals surface area contributed by atoms with Gasteiger partial charge < -0.3 is 97.1 Å². The molecule has 24 heteroatoms. The van der Waals surface area contributed by atoms with Gasteiger partial charge in [-0.2, -0.15) is 0 Å². The first-order valence-electron chi connectivity index (χ1n) is 38.1. The molecule has 0 spiro atoms. The molecule has 3 amide bonds. The number of hydrogen-bond donors (Lipinski definition) is 4. The van der Waals surface area contributed by atoms with Gasteiger partial charge in [0.15, 0.2) is 18.9 Å². The molecule has 0 saturated carbocycles. The summed E-state index contributed by atoms with van der Waals surface area (Å²) in [4.78, 5) is 52.4. The highest BCUT2D eigenvalue weighted by Crippen LogP contribution is 2.39. The van der Waals surface area contributed by atoms with Crippen LogP contribution in [-0.4, -0.2) is 232 Å². The van der Waals surface area contributed by atoms with E-state index in [4.69, 9.17) is 75.8 Å². The summed E-state index contributed by atoms with van der Waals surface area (Å²) < 4.78 is 95.6. The number of nitrogens with one attached hydrogen (secondary N) is 4. The van der Waals surface area contributed by atoms with E-state index < -0.39 is 11.5 Å². The summed E-state index contributed by atoms with van der Waals surface area (Å²) in [6.07, 6.45) is 5.45. The number of carbonyl (C=O) groups is 4. The van der Waals surface area contributed by atoms with Crippen molar-refractivity contribution in [2.24, 2.45) is 58.7 Å². The summed E-state index contributed by atoms with van der Waals surface area (Å²) >= 11 is 0. The Bertz CT molecular complexity index is 2170. The van der Waals surface area contributed by atoms with Crippen molar-refractivity contribution in [2.45, 2.75) is 198 Å². The molecule has 580 valence electrons. The average Bonchev–Trinajstić information content (AvgIpc) is 0.839. The van der Waals surface area contributed by atoms with Crippen molar-refractivity contribution in [3.63, 3.8) is 0 Å². The summed E-state index contributed by atoms with van der Waals surface area (Å²) in [6.45, 7) is 36.2. The molecular formula is C76H136N4O20. The van der Waals surface area contributed by atoms with Crippen molar-refractivity contribution in [1.82, 2.24) is 21.3 Å². The molecule has 3 saturated heterocycles. The fourth-order valence-corrected chi connectivity index (χ4v) is 12.9. The molecule has 3 heterocycles. The van der Waals surface area contributed by atoms with Crippen LogP contribution in [0.2, 0.25) is 0 Å². The summed E-state index contributed by atoms with van der Waals surface area (Å²) in [5.41, 5.74) is -0.0469. The van der Waals surface area contributed by atoms with Gasteiger partial charge in [0.05, 0.1) is 150 Å². The van der Waals surface area contributed by atoms with Crippen molar-refractivity contribution >= 4 is 23.7 Å². The van der Waals surface area contributed by atoms with Crippen LogP contribution in [0.3, 0.4) is 0 Å². The number of ketones is 1. The number of amides is 3. The van der Waals surface area contributed by atoms with E-state index in [2.05, 4.69) is 104 Å². The second-order valence-electron chi connectivity index (χ2n) is 27.8. The second-order valence-corrected chi connectivity index (χ2v) is 27.8. The van der Waals surface area contributed by atoms with Crippen LogP contribution < -0.4 is 21.3 Å². The van der Waals surface area contributed by atoms with Gasteiger partial charge >= 0.3 is 6.09 Å². The van der Waals surface area contributed by atoms with Gasteiger partial charge in [0.25, 0.3) is 0 Å². The molecule has 0 aromatic heterocycles. The van der Waals surface area contributed by atoms with Crippen molar-refractivity contribution in [1.29, 1.82) is 0 Å². The maximum atomic E-state index is 14.0. The van der Waals surface area contributed by atoms with Gasteiger partial charge in [0.1, 0.15) is 12.4 Å². The number of rotatable bonds is 59. The van der Waals surface area contributed by atoms with Crippen LogP contribution >= 0.6 is 0 Å². The highest BCUT2D eigenvalue weighted by molar-refractivity contribution is 5.79. The van der Waals surface area contributed by atoms with Gasteiger partial charge in [0, 0.05) is 81.6 Å². The number of benzene rings is 1. The molecule has 3 aliphatic rings. The van der Waals surface area contributed by atoms with Crippen LogP contribution in [0.25, 0.3) is 0 Å². The Morgan fingerprint density at radius 2 is 0.780 bits per heavy atom. The van der Waals surface area contributed by atoms with Crippen molar-refractivity contribution in [3.8, 4) is 0 Å². The summed E-state index contributed by atoms with van der Waals surface area (Å²) in [7, 11) is 0. The Labute approximate surface area is 601 Å². The first-order valence-corrected chi connectivity index (χ1v) is 38.1. The normalized spacial score (nSPS) is 26.1. The van der Waals surface area contributed by atoms with Gasteiger partial charge in [0.2, 0.25) is 11.8 Å². The smallest absolute Gasteiger partial charge is 0.407 e. The molecule has 1 aromatic carbocycles. The van der Waals surface area contributed by atoms with Crippen LogP contribution in [-0.2, 0) is 96.8 Å². The van der Waals surface area contributed by atoms with Crippen molar-refractivity contribution in [2.75, 3.05) is 171 Å². The Morgan fingerprint density at radius 1 is 0.380 bits per heavy atom. The van der Waals surface area contributed by atoms with E-state index in [0.717, 1.165) is 24.8 Å². The average molecular weight is 1430 g/mol.